The van der Waals surface area contributed by atoms with Crippen molar-refractivity contribution in [2.24, 2.45) is 0 Å². The molecule has 0 unspecified atom stereocenters. The highest BCUT2D eigenvalue weighted by atomic mass is 28.4. The van der Waals surface area contributed by atoms with Crippen LogP contribution in [0.5, 0.6) is 0 Å². The lowest BCUT2D eigenvalue weighted by Crippen LogP contribution is -2.46. The Morgan fingerprint density at radius 2 is 1.38 bits per heavy atom. The van der Waals surface area contributed by atoms with Crippen molar-refractivity contribution in [2.45, 2.75) is 25.4 Å². The molecule has 0 fully saturated rings. The fourth-order valence-electron chi connectivity index (χ4n) is 1.44. The Bertz CT molecular complexity index is 152. The molecule has 0 aromatic rings. The SMILES string of the molecule is CCOC(OCC)[SiH2]C[Si](OC)(OC)OC. The zero-order valence-corrected chi connectivity index (χ0v) is 13.4. The van der Waals surface area contributed by atoms with Crippen LogP contribution >= 0.6 is 0 Å². The van der Waals surface area contributed by atoms with E-state index < -0.39 is 18.3 Å². The first-order valence-electron chi connectivity index (χ1n) is 5.56. The second-order valence-corrected chi connectivity index (χ2v) is 9.01. The summed E-state index contributed by atoms with van der Waals surface area (Å²) >= 11 is 0. The van der Waals surface area contributed by atoms with E-state index in [0.29, 0.717) is 13.2 Å². The van der Waals surface area contributed by atoms with E-state index in [9.17, 15) is 0 Å². The summed E-state index contributed by atoms with van der Waals surface area (Å²) < 4.78 is 27.1. The lowest BCUT2D eigenvalue weighted by atomic mass is 10.9. The molecule has 16 heavy (non-hydrogen) atoms. The zero-order chi connectivity index (χ0) is 12.4. The van der Waals surface area contributed by atoms with Gasteiger partial charge in [-0.3, -0.25) is 0 Å². The molecule has 0 aliphatic heterocycles. The second-order valence-electron chi connectivity index (χ2n) is 3.17. The molecule has 98 valence electrons. The van der Waals surface area contributed by atoms with Crippen LogP contribution in [0.15, 0.2) is 0 Å². The van der Waals surface area contributed by atoms with E-state index in [1.54, 1.807) is 21.3 Å². The van der Waals surface area contributed by atoms with Crippen molar-refractivity contribution in [1.29, 1.82) is 0 Å². The van der Waals surface area contributed by atoms with Gasteiger partial charge >= 0.3 is 8.80 Å². The second kappa shape index (κ2) is 9.28. The predicted octanol–water partition coefficient (Wildman–Crippen LogP) is 0.347. The molecule has 0 aliphatic carbocycles. The van der Waals surface area contributed by atoms with Crippen LogP contribution in [0, 0.1) is 0 Å². The highest BCUT2D eigenvalue weighted by Gasteiger charge is 2.38. The molecule has 7 heteroatoms. The Hall–Kier alpha value is 0.234. The first-order valence-corrected chi connectivity index (χ1v) is 9.31. The smallest absolute Gasteiger partial charge is 0.377 e. The van der Waals surface area contributed by atoms with Gasteiger partial charge in [-0.25, -0.2) is 0 Å². The van der Waals surface area contributed by atoms with E-state index in [4.69, 9.17) is 22.8 Å². The Morgan fingerprint density at radius 3 is 1.69 bits per heavy atom. The Balaban J connectivity index is 4.13. The maximum atomic E-state index is 5.51. The average molecular weight is 268 g/mol. The molecule has 5 nitrogen and oxygen atoms in total. The minimum atomic E-state index is -2.44. The maximum Gasteiger partial charge on any atom is 0.496 e. The third-order valence-electron chi connectivity index (χ3n) is 2.32. The third kappa shape index (κ3) is 5.53. The molecule has 0 spiro atoms. The molecular weight excluding hydrogens is 244 g/mol. The minimum Gasteiger partial charge on any atom is -0.377 e. The van der Waals surface area contributed by atoms with Crippen molar-refractivity contribution in [3.63, 3.8) is 0 Å². The Labute approximate surface area is 102 Å². The van der Waals surface area contributed by atoms with Crippen LogP contribution in [-0.2, 0) is 22.8 Å². The van der Waals surface area contributed by atoms with Gasteiger partial charge < -0.3 is 22.8 Å². The van der Waals surface area contributed by atoms with Crippen LogP contribution in [0.2, 0.25) is 5.67 Å². The molecule has 0 saturated carbocycles. The largest absolute Gasteiger partial charge is 0.496 e. The summed E-state index contributed by atoms with van der Waals surface area (Å²) in [5.41, 5.74) is 0.821. The van der Waals surface area contributed by atoms with Gasteiger partial charge in [0, 0.05) is 40.2 Å². The molecule has 0 rings (SSSR count). The fraction of sp³-hybridized carbons (Fsp3) is 1.00. The summed E-state index contributed by atoms with van der Waals surface area (Å²) in [6.45, 7) is 5.26. The Morgan fingerprint density at radius 1 is 0.938 bits per heavy atom. The summed E-state index contributed by atoms with van der Waals surface area (Å²) in [5, 5.41) is 0. The maximum absolute atomic E-state index is 5.51. The van der Waals surface area contributed by atoms with E-state index >= 15 is 0 Å². The van der Waals surface area contributed by atoms with Crippen LogP contribution in [0.25, 0.3) is 0 Å². The Kier molecular flexibility index (Phi) is 9.42. The van der Waals surface area contributed by atoms with E-state index in [1.165, 1.54) is 0 Å². The van der Waals surface area contributed by atoms with Crippen molar-refractivity contribution in [1.82, 2.24) is 0 Å². The highest BCUT2D eigenvalue weighted by Crippen LogP contribution is 2.12. The summed E-state index contributed by atoms with van der Waals surface area (Å²) in [6, 6.07) is 0. The topological polar surface area (TPSA) is 46.2 Å². The van der Waals surface area contributed by atoms with Crippen molar-refractivity contribution in [3.05, 3.63) is 0 Å². The van der Waals surface area contributed by atoms with Crippen LogP contribution < -0.4 is 0 Å². The molecule has 0 heterocycles. The van der Waals surface area contributed by atoms with Crippen LogP contribution in [0.1, 0.15) is 13.8 Å². The van der Waals surface area contributed by atoms with Crippen LogP contribution in [0.4, 0.5) is 0 Å². The molecule has 0 saturated heterocycles. The first-order chi connectivity index (χ1) is 7.67. The molecule has 0 amide bonds. The number of hydrogen-bond donors (Lipinski definition) is 0. The number of hydrogen-bond acceptors (Lipinski definition) is 5. The molecule has 0 N–H and O–H groups in total. The van der Waals surface area contributed by atoms with Gasteiger partial charge in [0.05, 0.1) is 9.52 Å². The van der Waals surface area contributed by atoms with Crippen molar-refractivity contribution >= 4 is 18.3 Å². The van der Waals surface area contributed by atoms with Crippen LogP contribution in [-0.4, -0.2) is 58.8 Å². The number of ether oxygens (including phenoxy) is 2. The van der Waals surface area contributed by atoms with Gasteiger partial charge in [0.15, 0.2) is 0 Å². The molecule has 0 aromatic heterocycles. The molecular formula is C9H24O5Si2. The van der Waals surface area contributed by atoms with Gasteiger partial charge in [-0.2, -0.15) is 0 Å². The monoisotopic (exact) mass is 268 g/mol. The van der Waals surface area contributed by atoms with Crippen molar-refractivity contribution in [3.8, 4) is 0 Å². The van der Waals surface area contributed by atoms with Crippen molar-refractivity contribution in [2.75, 3.05) is 34.5 Å². The summed E-state index contributed by atoms with van der Waals surface area (Å²) in [7, 11) is 1.86. The van der Waals surface area contributed by atoms with Crippen molar-refractivity contribution < 1.29 is 22.8 Å². The number of rotatable bonds is 10. The molecule has 0 radical (unpaired) electrons. The lowest BCUT2D eigenvalue weighted by molar-refractivity contribution is -0.0828. The van der Waals surface area contributed by atoms with Gasteiger partial charge in [0.25, 0.3) is 0 Å². The summed E-state index contributed by atoms with van der Waals surface area (Å²) in [4.78, 5) is 0. The fourth-order valence-corrected chi connectivity index (χ4v) is 7.55. The lowest BCUT2D eigenvalue weighted by Gasteiger charge is -2.26. The van der Waals surface area contributed by atoms with Crippen LogP contribution in [0.3, 0.4) is 0 Å². The molecule has 0 atom stereocenters. The normalized spacial score (nSPS) is 13.1. The predicted molar refractivity (Wildman–Crippen MR) is 67.2 cm³/mol. The minimum absolute atomic E-state index is 0.0673. The van der Waals surface area contributed by atoms with Gasteiger partial charge in [0.1, 0.15) is 5.91 Å². The molecule has 0 aromatic carbocycles. The molecule has 0 aliphatic rings. The van der Waals surface area contributed by atoms with E-state index in [0.717, 1.165) is 5.67 Å². The summed E-state index contributed by atoms with van der Waals surface area (Å²) in [5.74, 6) is -0.0673. The van der Waals surface area contributed by atoms with Gasteiger partial charge in [-0.15, -0.1) is 0 Å². The highest BCUT2D eigenvalue weighted by molar-refractivity contribution is 6.71. The van der Waals surface area contributed by atoms with E-state index in [-0.39, 0.29) is 5.91 Å². The van der Waals surface area contributed by atoms with Gasteiger partial charge in [-0.1, -0.05) is 0 Å². The molecule has 0 bridgehead atoms. The third-order valence-corrected chi connectivity index (χ3v) is 8.74. The van der Waals surface area contributed by atoms with E-state index in [1.807, 2.05) is 13.8 Å². The van der Waals surface area contributed by atoms with Gasteiger partial charge in [0.2, 0.25) is 0 Å². The van der Waals surface area contributed by atoms with Gasteiger partial charge in [-0.05, 0) is 13.8 Å². The quantitative estimate of drug-likeness (QED) is 0.422. The summed E-state index contributed by atoms with van der Waals surface area (Å²) in [6.07, 6.45) is 0. The standard InChI is InChI=1S/C9H24O5Si2/c1-6-13-9(14-7-2)15-8-16(10-3,11-4)12-5/h9H,6-8,15H2,1-5H3. The van der Waals surface area contributed by atoms with E-state index in [2.05, 4.69) is 0 Å². The zero-order valence-electron chi connectivity index (χ0n) is 10.9. The first kappa shape index (κ1) is 16.2. The average Bonchev–Trinajstić information content (AvgIpc) is 2.32.